The second-order valence-corrected chi connectivity index (χ2v) is 3.73. The Morgan fingerprint density at radius 1 is 1.21 bits per heavy atom. The van der Waals surface area contributed by atoms with Gasteiger partial charge in [-0.05, 0) is 7.05 Å². The Hall–Kier alpha value is -1.21. The molecule has 0 atom stereocenters. The molecule has 0 aromatic carbocycles. The molecule has 4 heteroatoms. The first-order chi connectivity index (χ1) is 6.59. The number of carbonyl (C=O) groups excluding carboxylic acids is 1. The van der Waals surface area contributed by atoms with Crippen molar-refractivity contribution in [3.8, 4) is 12.0 Å². The van der Waals surface area contributed by atoms with E-state index in [1.165, 1.54) is 4.90 Å². The molecule has 1 aliphatic heterocycles. The van der Waals surface area contributed by atoms with Crippen LogP contribution in [-0.2, 0) is 4.79 Å². The lowest BCUT2D eigenvalue weighted by molar-refractivity contribution is -0.122. The van der Waals surface area contributed by atoms with E-state index in [1.807, 2.05) is 4.90 Å². The molecule has 1 aliphatic rings. The molecule has 0 saturated carbocycles. The van der Waals surface area contributed by atoms with Crippen molar-refractivity contribution in [3.63, 3.8) is 0 Å². The Morgan fingerprint density at radius 2 is 1.79 bits per heavy atom. The van der Waals surface area contributed by atoms with Crippen LogP contribution in [-0.4, -0.2) is 67.9 Å². The maximum Gasteiger partial charge on any atom is 0.299 e. The fraction of sp³-hybridized carbons (Fsp3) is 0.700. The van der Waals surface area contributed by atoms with E-state index in [0.29, 0.717) is 0 Å². The molecule has 1 heterocycles. The van der Waals surface area contributed by atoms with Crippen molar-refractivity contribution in [1.29, 1.82) is 0 Å². The number of nitrogens with zero attached hydrogens (tertiary/aromatic N) is 3. The molecule has 0 bridgehead atoms. The lowest BCUT2D eigenvalue weighted by atomic mass is 10.3. The highest BCUT2D eigenvalue weighted by atomic mass is 16.2. The Bertz CT molecular complexity index is 256. The van der Waals surface area contributed by atoms with E-state index in [9.17, 15) is 4.79 Å². The van der Waals surface area contributed by atoms with Gasteiger partial charge in [0.1, 0.15) is 0 Å². The highest BCUT2D eigenvalue weighted by molar-refractivity contribution is 5.92. The molecule has 78 valence electrons. The highest BCUT2D eigenvalue weighted by Crippen LogP contribution is 1.96. The van der Waals surface area contributed by atoms with Crippen LogP contribution in [0.15, 0.2) is 0 Å². The van der Waals surface area contributed by atoms with Gasteiger partial charge in [0.15, 0.2) is 0 Å². The van der Waals surface area contributed by atoms with Crippen molar-refractivity contribution < 1.29 is 4.79 Å². The van der Waals surface area contributed by atoms with Gasteiger partial charge in [0, 0.05) is 52.2 Å². The molecule has 1 saturated heterocycles. The first-order valence-corrected chi connectivity index (χ1v) is 4.76. The zero-order valence-corrected chi connectivity index (χ0v) is 9.08. The molecule has 14 heavy (non-hydrogen) atoms. The summed E-state index contributed by atoms with van der Waals surface area (Å²) in [7, 11) is 5.51. The molecule has 1 fully saturated rings. The summed E-state index contributed by atoms with van der Waals surface area (Å²) in [5, 5.41) is 0. The average Bonchev–Trinajstić information content (AvgIpc) is 2.16. The number of hydrogen-bond donors (Lipinski definition) is 0. The largest absolute Gasteiger partial charge is 0.338 e. The summed E-state index contributed by atoms with van der Waals surface area (Å²) >= 11 is 0. The van der Waals surface area contributed by atoms with Crippen molar-refractivity contribution in [2.45, 2.75) is 0 Å². The summed E-state index contributed by atoms with van der Waals surface area (Å²) in [5.41, 5.74) is 0. The van der Waals surface area contributed by atoms with Crippen LogP contribution in [0.5, 0.6) is 0 Å². The molecule has 0 spiro atoms. The van der Waals surface area contributed by atoms with Gasteiger partial charge in [0.2, 0.25) is 0 Å². The van der Waals surface area contributed by atoms with Crippen LogP contribution in [0.25, 0.3) is 0 Å². The zero-order chi connectivity index (χ0) is 10.6. The summed E-state index contributed by atoms with van der Waals surface area (Å²) in [6, 6.07) is 2.89. The van der Waals surface area contributed by atoms with Crippen molar-refractivity contribution in [3.05, 3.63) is 0 Å². The number of hydrogen-bond acceptors (Lipinski definition) is 3. The van der Waals surface area contributed by atoms with E-state index in [1.54, 1.807) is 14.1 Å². The zero-order valence-electron chi connectivity index (χ0n) is 9.08. The second-order valence-electron chi connectivity index (χ2n) is 3.73. The molecular weight excluding hydrogens is 178 g/mol. The molecule has 0 aromatic rings. The fourth-order valence-electron chi connectivity index (χ4n) is 1.16. The van der Waals surface area contributed by atoms with E-state index in [-0.39, 0.29) is 5.91 Å². The molecule has 0 unspecified atom stereocenters. The van der Waals surface area contributed by atoms with Gasteiger partial charge in [0.05, 0.1) is 0 Å². The topological polar surface area (TPSA) is 26.8 Å². The quantitative estimate of drug-likeness (QED) is 0.477. The van der Waals surface area contributed by atoms with Gasteiger partial charge in [-0.2, -0.15) is 0 Å². The van der Waals surface area contributed by atoms with Crippen molar-refractivity contribution in [2.75, 3.05) is 47.3 Å². The lowest BCUT2D eigenvalue weighted by Gasteiger charge is -2.29. The van der Waals surface area contributed by atoms with E-state index < -0.39 is 0 Å². The van der Waals surface area contributed by atoms with E-state index in [4.69, 9.17) is 0 Å². The van der Waals surface area contributed by atoms with E-state index in [0.717, 1.165) is 26.2 Å². The minimum Gasteiger partial charge on any atom is -0.338 e. The summed E-state index contributed by atoms with van der Waals surface area (Å²) in [4.78, 5) is 16.9. The fourth-order valence-corrected chi connectivity index (χ4v) is 1.16. The van der Waals surface area contributed by atoms with Gasteiger partial charge in [0.25, 0.3) is 5.91 Å². The molecule has 0 aromatic heterocycles. The summed E-state index contributed by atoms with van der Waals surface area (Å²) in [6.45, 7) is 3.88. The standard InChI is InChI=1S/C10H17N3O/c1-11(2)10(14)4-5-13-8-6-12(3)7-9-13/h6-9H2,1-3H3. The monoisotopic (exact) mass is 195 g/mol. The molecule has 0 aliphatic carbocycles. The normalized spacial score (nSPS) is 17.2. The number of amides is 1. The minimum absolute atomic E-state index is 0.135. The third-order valence-electron chi connectivity index (χ3n) is 2.23. The number of piperazine rings is 1. The maximum atomic E-state index is 11.2. The van der Waals surface area contributed by atoms with E-state index >= 15 is 0 Å². The Labute approximate surface area is 85.5 Å². The molecule has 0 N–H and O–H groups in total. The smallest absolute Gasteiger partial charge is 0.299 e. The Kier molecular flexibility index (Phi) is 3.78. The molecule has 4 nitrogen and oxygen atoms in total. The Balaban J connectivity index is 2.40. The Morgan fingerprint density at radius 3 is 2.29 bits per heavy atom. The van der Waals surface area contributed by atoms with Gasteiger partial charge in [-0.3, -0.25) is 4.79 Å². The second kappa shape index (κ2) is 4.87. The van der Waals surface area contributed by atoms with E-state index in [2.05, 4.69) is 23.9 Å². The van der Waals surface area contributed by atoms with Crippen LogP contribution in [0.4, 0.5) is 0 Å². The maximum absolute atomic E-state index is 11.2. The van der Waals surface area contributed by atoms with Gasteiger partial charge in [-0.1, -0.05) is 0 Å². The van der Waals surface area contributed by atoms with Crippen LogP contribution >= 0.6 is 0 Å². The minimum atomic E-state index is -0.135. The summed E-state index contributed by atoms with van der Waals surface area (Å²) in [5.74, 6) is 2.48. The summed E-state index contributed by atoms with van der Waals surface area (Å²) in [6.07, 6.45) is 0. The lowest BCUT2D eigenvalue weighted by Crippen LogP contribution is -2.42. The SMILES string of the molecule is CN1CCN(C#CC(=O)N(C)C)CC1. The highest BCUT2D eigenvalue weighted by Gasteiger charge is 2.10. The molecule has 1 rings (SSSR count). The van der Waals surface area contributed by atoms with Crippen LogP contribution in [0, 0.1) is 12.0 Å². The number of rotatable bonds is 0. The molecule has 0 radical (unpaired) electrons. The molecule has 1 amide bonds. The predicted octanol–water partition coefficient (Wildman–Crippen LogP) is -0.717. The average molecular weight is 195 g/mol. The van der Waals surface area contributed by atoms with Crippen molar-refractivity contribution >= 4 is 5.91 Å². The van der Waals surface area contributed by atoms with Gasteiger partial charge in [-0.25, -0.2) is 0 Å². The van der Waals surface area contributed by atoms with Crippen molar-refractivity contribution in [1.82, 2.24) is 14.7 Å². The van der Waals surface area contributed by atoms with Gasteiger partial charge in [-0.15, -0.1) is 0 Å². The number of likely N-dealkylation sites (N-methyl/N-ethyl adjacent to an activating group) is 1. The molecular formula is C10H17N3O. The third-order valence-corrected chi connectivity index (χ3v) is 2.23. The van der Waals surface area contributed by atoms with Crippen LogP contribution in [0.2, 0.25) is 0 Å². The van der Waals surface area contributed by atoms with Gasteiger partial charge < -0.3 is 14.7 Å². The summed E-state index contributed by atoms with van der Waals surface area (Å²) < 4.78 is 0. The third kappa shape index (κ3) is 3.27. The van der Waals surface area contributed by atoms with Gasteiger partial charge >= 0.3 is 0 Å². The number of carbonyl (C=O) groups is 1. The first-order valence-electron chi connectivity index (χ1n) is 4.76. The predicted molar refractivity (Wildman–Crippen MR) is 55.5 cm³/mol. The van der Waals surface area contributed by atoms with Crippen LogP contribution in [0.3, 0.4) is 0 Å². The van der Waals surface area contributed by atoms with Crippen LogP contribution in [0.1, 0.15) is 0 Å². The van der Waals surface area contributed by atoms with Crippen molar-refractivity contribution in [2.24, 2.45) is 0 Å². The van der Waals surface area contributed by atoms with Crippen LogP contribution < -0.4 is 0 Å². The first kappa shape index (κ1) is 10.9.